The van der Waals surface area contributed by atoms with Gasteiger partial charge in [0.15, 0.2) is 0 Å². The molecule has 3 saturated heterocycles. The van der Waals surface area contributed by atoms with Crippen LogP contribution in [0.4, 0.5) is 39.5 Å². The minimum atomic E-state index is -4.54. The molecule has 0 aliphatic carbocycles. The lowest BCUT2D eigenvalue weighted by molar-refractivity contribution is -0.166. The fraction of sp³-hybridized carbons (Fsp3) is 0.455. The minimum absolute atomic E-state index is 0.000912. The summed E-state index contributed by atoms with van der Waals surface area (Å²) in [7, 11) is 0. The third-order valence-electron chi connectivity index (χ3n) is 9.34. The zero-order valence-corrected chi connectivity index (χ0v) is 27.0. The molecule has 0 amide bonds. The van der Waals surface area contributed by atoms with Gasteiger partial charge in [-0.15, -0.1) is 0 Å². The van der Waals surface area contributed by atoms with Crippen LogP contribution in [0, 0.1) is 5.41 Å². The highest BCUT2D eigenvalue weighted by Crippen LogP contribution is 2.44. The standard InChI is InChI=1S/C33H35F9N6O3/c1-2-27(18-49-15-21-3-9-24(10-4-21)28(43-44-28)31(34,35)36,19-50-16-22-5-11-25(12-6-22)29(45-46-29)32(37,38)39)20-51-17-23-7-13-26(14-8-23)30(47-48-30)33(40,41)42/h3-14,43-48H,2,15-20H2,1H3. The quantitative estimate of drug-likeness (QED) is 0.0826. The van der Waals surface area contributed by atoms with Crippen LogP contribution >= 0.6 is 0 Å². The Morgan fingerprint density at radius 3 is 0.843 bits per heavy atom. The Balaban J connectivity index is 1.08. The van der Waals surface area contributed by atoms with E-state index in [-0.39, 0.29) is 56.3 Å². The van der Waals surface area contributed by atoms with Crippen LogP contribution in [0.15, 0.2) is 72.8 Å². The van der Waals surface area contributed by atoms with Gasteiger partial charge in [-0.1, -0.05) is 79.7 Å². The SMILES string of the molecule is CCC(COCc1ccc(C2(C(F)(F)F)NN2)cc1)(COCc1ccc(C2(C(F)(F)F)NN2)cc1)COCc1ccc(C2(C(F)(F)F)NN2)cc1. The van der Waals surface area contributed by atoms with E-state index in [4.69, 9.17) is 14.2 Å². The number of rotatable bonds is 16. The molecule has 278 valence electrons. The highest BCUT2D eigenvalue weighted by atomic mass is 19.4. The van der Waals surface area contributed by atoms with Crippen molar-refractivity contribution in [3.8, 4) is 0 Å². The van der Waals surface area contributed by atoms with E-state index in [1.54, 1.807) is 0 Å². The van der Waals surface area contributed by atoms with Crippen molar-refractivity contribution in [2.24, 2.45) is 5.41 Å². The van der Waals surface area contributed by atoms with Gasteiger partial charge in [-0.2, -0.15) is 39.5 Å². The predicted molar refractivity (Wildman–Crippen MR) is 163 cm³/mol. The Morgan fingerprint density at radius 1 is 0.431 bits per heavy atom. The summed E-state index contributed by atoms with van der Waals surface area (Å²) in [5.41, 5.74) is 7.22. The molecule has 3 fully saturated rings. The summed E-state index contributed by atoms with van der Waals surface area (Å²) in [6, 6.07) is 17.3. The van der Waals surface area contributed by atoms with Crippen molar-refractivity contribution in [3.05, 3.63) is 106 Å². The van der Waals surface area contributed by atoms with Crippen LogP contribution in [0.3, 0.4) is 0 Å². The molecule has 0 spiro atoms. The molecular weight excluding hydrogens is 699 g/mol. The third kappa shape index (κ3) is 7.60. The summed E-state index contributed by atoms with van der Waals surface area (Å²) < 4.78 is 139. The van der Waals surface area contributed by atoms with E-state index in [0.29, 0.717) is 23.1 Å². The monoisotopic (exact) mass is 734 g/mol. The van der Waals surface area contributed by atoms with Gasteiger partial charge >= 0.3 is 18.5 Å². The molecule has 0 atom stereocenters. The van der Waals surface area contributed by atoms with Crippen molar-refractivity contribution >= 4 is 0 Å². The molecule has 18 heteroatoms. The van der Waals surface area contributed by atoms with E-state index in [0.717, 1.165) is 0 Å². The van der Waals surface area contributed by atoms with Crippen molar-refractivity contribution in [3.63, 3.8) is 0 Å². The second-order valence-corrected chi connectivity index (χ2v) is 12.9. The second kappa shape index (κ2) is 13.6. The molecule has 6 rings (SSSR count). The zero-order chi connectivity index (χ0) is 36.8. The van der Waals surface area contributed by atoms with Crippen LogP contribution < -0.4 is 32.6 Å². The number of benzene rings is 3. The van der Waals surface area contributed by atoms with Crippen molar-refractivity contribution in [1.29, 1.82) is 0 Å². The predicted octanol–water partition coefficient (Wildman–Crippen LogP) is 5.50. The minimum Gasteiger partial charge on any atom is -0.376 e. The smallest absolute Gasteiger partial charge is 0.376 e. The van der Waals surface area contributed by atoms with E-state index in [9.17, 15) is 39.5 Å². The number of hydrazine groups is 3. The fourth-order valence-corrected chi connectivity index (χ4v) is 5.68. The Labute approximate surface area is 286 Å². The Kier molecular flexibility index (Phi) is 9.96. The van der Waals surface area contributed by atoms with Crippen LogP contribution in [0.1, 0.15) is 46.7 Å². The van der Waals surface area contributed by atoms with Crippen LogP contribution in [0.25, 0.3) is 0 Å². The van der Waals surface area contributed by atoms with E-state index in [1.807, 2.05) is 6.92 Å². The highest BCUT2D eigenvalue weighted by Gasteiger charge is 2.66. The van der Waals surface area contributed by atoms with Gasteiger partial charge in [-0.3, -0.25) is 0 Å². The van der Waals surface area contributed by atoms with E-state index in [2.05, 4.69) is 32.6 Å². The second-order valence-electron chi connectivity index (χ2n) is 12.9. The molecule has 0 saturated carbocycles. The average Bonchev–Trinajstić information content (AvgIpc) is 3.94. The fourth-order valence-electron chi connectivity index (χ4n) is 5.68. The van der Waals surface area contributed by atoms with Gasteiger partial charge in [-0.05, 0) is 39.8 Å². The summed E-state index contributed by atoms with van der Waals surface area (Å²) >= 11 is 0. The summed E-state index contributed by atoms with van der Waals surface area (Å²) in [4.78, 5) is 0. The molecular formula is C33H35F9N6O3. The van der Waals surface area contributed by atoms with Crippen molar-refractivity contribution in [1.82, 2.24) is 32.6 Å². The Bertz CT molecular complexity index is 1450. The summed E-state index contributed by atoms with van der Waals surface area (Å²) in [5, 5.41) is 0. The summed E-state index contributed by atoms with van der Waals surface area (Å²) in [5.74, 6) is 0. The molecule has 3 aromatic carbocycles. The summed E-state index contributed by atoms with van der Waals surface area (Å²) in [6.45, 7) is 2.41. The van der Waals surface area contributed by atoms with Crippen molar-refractivity contribution < 1.29 is 53.7 Å². The lowest BCUT2D eigenvalue weighted by Crippen LogP contribution is -2.37. The molecule has 3 heterocycles. The number of hydrogen-bond acceptors (Lipinski definition) is 9. The first-order valence-electron chi connectivity index (χ1n) is 15.8. The number of nitrogens with one attached hydrogen (secondary N) is 6. The molecule has 0 radical (unpaired) electrons. The van der Waals surface area contributed by atoms with E-state index >= 15 is 0 Å². The Hall–Kier alpha value is -3.33. The maximum absolute atomic E-state index is 13.4. The number of ether oxygens (including phenoxy) is 3. The molecule has 3 aromatic rings. The molecule has 0 bridgehead atoms. The average molecular weight is 735 g/mol. The van der Waals surface area contributed by atoms with Gasteiger partial charge in [0.1, 0.15) is 0 Å². The lowest BCUT2D eigenvalue weighted by Gasteiger charge is -2.32. The van der Waals surface area contributed by atoms with Gasteiger partial charge < -0.3 is 14.2 Å². The van der Waals surface area contributed by atoms with Crippen molar-refractivity contribution in [2.45, 2.75) is 68.7 Å². The first-order chi connectivity index (χ1) is 24.0. The van der Waals surface area contributed by atoms with E-state index in [1.165, 1.54) is 72.8 Å². The maximum atomic E-state index is 13.4. The van der Waals surface area contributed by atoms with Crippen LogP contribution in [-0.2, 0) is 51.0 Å². The topological polar surface area (TPSA) is 159 Å². The first kappa shape index (κ1) is 37.4. The molecule has 3 aliphatic rings. The lowest BCUT2D eigenvalue weighted by atomic mass is 9.88. The van der Waals surface area contributed by atoms with Crippen LogP contribution in [0.2, 0.25) is 0 Å². The number of alkyl halides is 9. The largest absolute Gasteiger partial charge is 0.426 e. The maximum Gasteiger partial charge on any atom is 0.426 e. The van der Waals surface area contributed by atoms with Gasteiger partial charge in [0.2, 0.25) is 17.0 Å². The van der Waals surface area contributed by atoms with Gasteiger partial charge in [0.05, 0.1) is 39.6 Å². The van der Waals surface area contributed by atoms with E-state index < -0.39 is 40.9 Å². The van der Waals surface area contributed by atoms with Crippen molar-refractivity contribution in [2.75, 3.05) is 19.8 Å². The Morgan fingerprint density at radius 2 is 0.667 bits per heavy atom. The normalized spacial score (nSPS) is 19.2. The molecule has 3 aliphatic heterocycles. The van der Waals surface area contributed by atoms with Crippen LogP contribution in [0.5, 0.6) is 0 Å². The third-order valence-corrected chi connectivity index (χ3v) is 9.34. The zero-order valence-electron chi connectivity index (χ0n) is 27.0. The van der Waals surface area contributed by atoms with Gasteiger partial charge in [0.25, 0.3) is 0 Å². The summed E-state index contributed by atoms with van der Waals surface area (Å²) in [6.07, 6.45) is -13.1. The van der Waals surface area contributed by atoms with Gasteiger partial charge in [0, 0.05) is 5.41 Å². The first-order valence-corrected chi connectivity index (χ1v) is 15.8. The van der Waals surface area contributed by atoms with Gasteiger partial charge in [-0.25, -0.2) is 32.6 Å². The molecule has 9 nitrogen and oxygen atoms in total. The molecule has 0 aromatic heterocycles. The van der Waals surface area contributed by atoms with Crippen LogP contribution in [-0.4, -0.2) is 38.3 Å². The molecule has 0 unspecified atom stereocenters. The number of hydrogen-bond donors (Lipinski definition) is 6. The number of halogens is 9. The molecule has 51 heavy (non-hydrogen) atoms. The highest BCUT2D eigenvalue weighted by molar-refractivity contribution is 5.34. The molecule has 6 N–H and O–H groups in total.